The summed E-state index contributed by atoms with van der Waals surface area (Å²) in [4.78, 5) is 28.6. The van der Waals surface area contributed by atoms with Crippen LogP contribution >= 0.6 is 22.7 Å². The average molecular weight is 372 g/mol. The zero-order chi connectivity index (χ0) is 17.7. The summed E-state index contributed by atoms with van der Waals surface area (Å²) in [6, 6.07) is 21.5. The van der Waals surface area contributed by atoms with Gasteiger partial charge >= 0.3 is 0 Å². The largest absolute Gasteiger partial charge is 0.285 e. The molecule has 0 spiro atoms. The Morgan fingerprint density at radius 3 is 2.12 bits per heavy atom. The zero-order valence-corrected chi connectivity index (χ0v) is 15.2. The van der Waals surface area contributed by atoms with Crippen LogP contribution in [0, 0.1) is 0 Å². The minimum Gasteiger partial charge on any atom is -0.285 e. The lowest BCUT2D eigenvalue weighted by Crippen LogP contribution is -2.21. The predicted molar refractivity (Wildman–Crippen MR) is 107 cm³/mol. The highest BCUT2D eigenvalue weighted by atomic mass is 32.1. The van der Waals surface area contributed by atoms with Gasteiger partial charge in [-0.25, -0.2) is 0 Å². The van der Waals surface area contributed by atoms with Crippen LogP contribution in [0.1, 0.15) is 20.7 Å². The third-order valence-electron chi connectivity index (χ3n) is 4.59. The summed E-state index contributed by atoms with van der Waals surface area (Å²) in [5, 5.41) is 2.06. The van der Waals surface area contributed by atoms with Crippen molar-refractivity contribution in [3.05, 3.63) is 83.2 Å². The number of thiophene rings is 2. The first kappa shape index (κ1) is 15.4. The number of rotatable bonds is 2. The van der Waals surface area contributed by atoms with Gasteiger partial charge in [-0.1, -0.05) is 42.5 Å². The van der Waals surface area contributed by atoms with Gasteiger partial charge in [-0.05, 0) is 46.3 Å². The Morgan fingerprint density at radius 1 is 0.577 bits per heavy atom. The maximum absolute atomic E-state index is 12.6. The maximum atomic E-state index is 12.6. The van der Waals surface area contributed by atoms with E-state index in [1.807, 2.05) is 36.4 Å². The Bertz CT molecular complexity index is 1170. The van der Waals surface area contributed by atoms with Crippen LogP contribution in [0.3, 0.4) is 0 Å². The van der Waals surface area contributed by atoms with Crippen molar-refractivity contribution in [2.45, 2.75) is 0 Å². The number of hydrogen-bond acceptors (Lipinski definition) is 4. The van der Waals surface area contributed by atoms with Crippen molar-refractivity contribution in [1.29, 1.82) is 0 Å². The Hall–Kier alpha value is -2.82. The molecular formula is C22H12O2S2. The van der Waals surface area contributed by atoms with Crippen LogP contribution in [0.2, 0.25) is 0 Å². The number of fused-ring (bicyclic) bond motifs is 3. The molecule has 2 heterocycles. The molecule has 2 aromatic carbocycles. The molecule has 4 aromatic rings. The minimum absolute atomic E-state index is 0.421. The van der Waals surface area contributed by atoms with Crippen LogP contribution in [-0.4, -0.2) is 11.6 Å². The second-order valence-corrected chi connectivity index (χ2v) is 8.14. The van der Waals surface area contributed by atoms with Gasteiger partial charge in [0.2, 0.25) is 11.6 Å². The van der Waals surface area contributed by atoms with Gasteiger partial charge in [0, 0.05) is 25.8 Å². The van der Waals surface area contributed by atoms with E-state index >= 15 is 0 Å². The van der Waals surface area contributed by atoms with Crippen molar-refractivity contribution in [1.82, 2.24) is 0 Å². The molecule has 4 heteroatoms. The van der Waals surface area contributed by atoms with Crippen LogP contribution in [0.5, 0.6) is 0 Å². The van der Waals surface area contributed by atoms with E-state index in [9.17, 15) is 9.59 Å². The van der Waals surface area contributed by atoms with Crippen LogP contribution < -0.4 is 0 Å². The van der Waals surface area contributed by atoms with Gasteiger partial charge in [0.25, 0.3) is 0 Å². The molecule has 1 aliphatic carbocycles. The molecule has 0 fully saturated rings. The summed E-state index contributed by atoms with van der Waals surface area (Å²) in [7, 11) is 0. The van der Waals surface area contributed by atoms with Crippen molar-refractivity contribution in [2.75, 3.05) is 0 Å². The lowest BCUT2D eigenvalue weighted by molar-refractivity contribution is 0.0815. The SMILES string of the molecule is O=C1C(=O)c2cc(-c3ccc(-c4cccs4)s3)ccc2-c2ccccc21. The van der Waals surface area contributed by atoms with Gasteiger partial charge in [-0.15, -0.1) is 22.7 Å². The summed E-state index contributed by atoms with van der Waals surface area (Å²) >= 11 is 3.41. The molecule has 0 bridgehead atoms. The molecule has 0 saturated carbocycles. The normalized spacial score (nSPS) is 12.8. The molecule has 2 nitrogen and oxygen atoms in total. The fourth-order valence-electron chi connectivity index (χ4n) is 3.33. The number of carbonyl (C=O) groups is 2. The first-order valence-electron chi connectivity index (χ1n) is 8.19. The van der Waals surface area contributed by atoms with Gasteiger partial charge in [0.05, 0.1) is 0 Å². The lowest BCUT2D eigenvalue weighted by atomic mass is 9.83. The molecule has 2 aromatic heterocycles. The molecular weight excluding hydrogens is 360 g/mol. The highest BCUT2D eigenvalue weighted by Crippen LogP contribution is 2.40. The summed E-state index contributed by atoms with van der Waals surface area (Å²) in [6.07, 6.45) is 0. The van der Waals surface area contributed by atoms with E-state index in [0.717, 1.165) is 21.6 Å². The summed E-state index contributed by atoms with van der Waals surface area (Å²) < 4.78 is 0. The molecule has 0 radical (unpaired) electrons. The third kappa shape index (κ3) is 2.30. The van der Waals surface area contributed by atoms with Crippen molar-refractivity contribution in [3.63, 3.8) is 0 Å². The van der Waals surface area contributed by atoms with Crippen LogP contribution in [0.15, 0.2) is 72.1 Å². The Balaban J connectivity index is 1.63. The van der Waals surface area contributed by atoms with E-state index in [0.29, 0.717) is 11.1 Å². The minimum atomic E-state index is -0.421. The van der Waals surface area contributed by atoms with Crippen LogP contribution in [-0.2, 0) is 0 Å². The fraction of sp³-hybridized carbons (Fsp3) is 0. The van der Waals surface area contributed by atoms with Crippen molar-refractivity contribution in [3.8, 4) is 31.3 Å². The molecule has 26 heavy (non-hydrogen) atoms. The third-order valence-corrected chi connectivity index (χ3v) is 6.79. The van der Waals surface area contributed by atoms with E-state index in [2.05, 4.69) is 23.6 Å². The second-order valence-electron chi connectivity index (χ2n) is 6.11. The number of Topliss-reactive ketones (excluding diaryl/α,β-unsaturated/α-hetero) is 2. The summed E-state index contributed by atoms with van der Waals surface area (Å²) in [5.41, 5.74) is 3.64. The van der Waals surface area contributed by atoms with Crippen molar-refractivity contribution < 1.29 is 9.59 Å². The van der Waals surface area contributed by atoms with E-state index < -0.39 is 11.6 Å². The van der Waals surface area contributed by atoms with Crippen LogP contribution in [0.25, 0.3) is 31.3 Å². The molecule has 0 N–H and O–H groups in total. The molecule has 124 valence electrons. The summed E-state index contributed by atoms with van der Waals surface area (Å²) in [5.74, 6) is -0.841. The van der Waals surface area contributed by atoms with Gasteiger partial charge in [-0.3, -0.25) is 9.59 Å². The molecule has 0 atom stereocenters. The smallest absolute Gasteiger partial charge is 0.234 e. The van der Waals surface area contributed by atoms with Gasteiger partial charge < -0.3 is 0 Å². The van der Waals surface area contributed by atoms with E-state index in [1.54, 1.807) is 34.8 Å². The topological polar surface area (TPSA) is 34.1 Å². The van der Waals surface area contributed by atoms with E-state index in [4.69, 9.17) is 0 Å². The first-order valence-corrected chi connectivity index (χ1v) is 9.88. The highest BCUT2D eigenvalue weighted by molar-refractivity contribution is 7.23. The van der Waals surface area contributed by atoms with Gasteiger partial charge in [-0.2, -0.15) is 0 Å². The number of benzene rings is 2. The fourth-order valence-corrected chi connectivity index (χ4v) is 5.16. The highest BCUT2D eigenvalue weighted by Gasteiger charge is 2.30. The second kappa shape index (κ2) is 5.87. The monoisotopic (exact) mass is 372 g/mol. The first-order chi connectivity index (χ1) is 12.7. The van der Waals surface area contributed by atoms with Crippen molar-refractivity contribution >= 4 is 34.2 Å². The standard InChI is InChI=1S/C22H12O2S2/c23-21-16-5-2-1-4-14(16)15-8-7-13(12-17(15)22(21)24)18-9-10-20(26-18)19-6-3-11-25-19/h1-12H. The Labute approximate surface area is 158 Å². The molecule has 0 aliphatic heterocycles. The molecule has 0 amide bonds. The number of hydrogen-bond donors (Lipinski definition) is 0. The Kier molecular flexibility index (Phi) is 3.48. The lowest BCUT2D eigenvalue weighted by Gasteiger charge is -2.18. The molecule has 5 rings (SSSR count). The molecule has 0 saturated heterocycles. The van der Waals surface area contributed by atoms with Gasteiger partial charge in [0.15, 0.2) is 0 Å². The zero-order valence-electron chi connectivity index (χ0n) is 13.6. The molecule has 0 unspecified atom stereocenters. The molecule has 1 aliphatic rings. The number of carbonyl (C=O) groups excluding carboxylic acids is 2. The quantitative estimate of drug-likeness (QED) is 0.393. The van der Waals surface area contributed by atoms with Crippen molar-refractivity contribution in [2.24, 2.45) is 0 Å². The number of ketones is 2. The van der Waals surface area contributed by atoms with Crippen LogP contribution in [0.4, 0.5) is 0 Å². The predicted octanol–water partition coefficient (Wildman–Crippen LogP) is 6.19. The van der Waals surface area contributed by atoms with E-state index in [-0.39, 0.29) is 0 Å². The Morgan fingerprint density at radius 2 is 1.31 bits per heavy atom. The summed E-state index contributed by atoms with van der Waals surface area (Å²) in [6.45, 7) is 0. The maximum Gasteiger partial charge on any atom is 0.234 e. The van der Waals surface area contributed by atoms with Gasteiger partial charge in [0.1, 0.15) is 0 Å². The van der Waals surface area contributed by atoms with E-state index in [1.165, 1.54) is 9.75 Å². The average Bonchev–Trinajstić information content (AvgIpc) is 3.37.